The Hall–Kier alpha value is -2.44. The van der Waals surface area contributed by atoms with Crippen LogP contribution in [0.15, 0.2) is 42.5 Å². The number of halogens is 2. The molecule has 1 aliphatic heterocycles. The van der Waals surface area contributed by atoms with Gasteiger partial charge in [-0.2, -0.15) is 0 Å². The topological polar surface area (TPSA) is 61.9 Å². The number of benzene rings is 2. The van der Waals surface area contributed by atoms with Crippen molar-refractivity contribution in [1.29, 1.82) is 0 Å². The molecule has 0 bridgehead atoms. The number of piperazine rings is 1. The zero-order chi connectivity index (χ0) is 20.8. The molecule has 0 unspecified atom stereocenters. The molecule has 8 heteroatoms. The number of nitrogens with zero attached hydrogens (tertiary/aromatic N) is 2. The van der Waals surface area contributed by atoms with Crippen molar-refractivity contribution in [2.75, 3.05) is 38.1 Å². The second-order valence-corrected chi connectivity index (χ2v) is 7.60. The maximum atomic E-state index is 12.4. The quantitative estimate of drug-likeness (QED) is 0.754. The summed E-state index contributed by atoms with van der Waals surface area (Å²) in [6, 6.07) is 12.6. The highest BCUT2D eigenvalue weighted by Gasteiger charge is 2.24. The first kappa shape index (κ1) is 21.3. The summed E-state index contributed by atoms with van der Waals surface area (Å²) in [7, 11) is 0. The third kappa shape index (κ3) is 5.78. The third-order valence-corrected chi connectivity index (χ3v) is 5.48. The van der Waals surface area contributed by atoms with Crippen LogP contribution in [0.5, 0.6) is 5.75 Å². The molecule has 29 heavy (non-hydrogen) atoms. The molecule has 1 aliphatic rings. The minimum absolute atomic E-state index is 0.0121. The van der Waals surface area contributed by atoms with Crippen molar-refractivity contribution >= 4 is 40.8 Å². The second kappa shape index (κ2) is 9.85. The van der Waals surface area contributed by atoms with Crippen LogP contribution in [-0.2, 0) is 4.79 Å². The van der Waals surface area contributed by atoms with Crippen molar-refractivity contribution in [3.05, 3.63) is 58.1 Å². The molecule has 0 radical (unpaired) electrons. The maximum Gasteiger partial charge on any atom is 0.321 e. The Morgan fingerprint density at radius 3 is 2.45 bits per heavy atom. The molecule has 6 nitrogen and oxygen atoms in total. The van der Waals surface area contributed by atoms with Gasteiger partial charge in [0.15, 0.2) is 0 Å². The standard InChI is InChI=1S/C21H23Cl2N3O3/c1-15-4-2-5-16(14-15)24-21(28)26-11-9-25(10-12-26)19(27)8-13-29-18-7-3-6-17(22)20(18)23/h2-7,14H,8-13H2,1H3,(H,24,28). The summed E-state index contributed by atoms with van der Waals surface area (Å²) in [5.74, 6) is 0.450. The zero-order valence-electron chi connectivity index (χ0n) is 16.2. The molecule has 154 valence electrons. The van der Waals surface area contributed by atoms with Crippen LogP contribution >= 0.6 is 23.2 Å². The zero-order valence-corrected chi connectivity index (χ0v) is 17.7. The summed E-state index contributed by atoms with van der Waals surface area (Å²) in [5.41, 5.74) is 1.85. The molecule has 0 spiro atoms. The molecule has 0 atom stereocenters. The van der Waals surface area contributed by atoms with Gasteiger partial charge in [-0.05, 0) is 36.8 Å². The van der Waals surface area contributed by atoms with Crippen molar-refractivity contribution in [2.45, 2.75) is 13.3 Å². The normalized spacial score (nSPS) is 13.9. The lowest BCUT2D eigenvalue weighted by Gasteiger charge is -2.34. The number of nitrogens with one attached hydrogen (secondary N) is 1. The van der Waals surface area contributed by atoms with E-state index in [-0.39, 0.29) is 25.0 Å². The van der Waals surface area contributed by atoms with Crippen LogP contribution in [0.3, 0.4) is 0 Å². The molecule has 0 saturated carbocycles. The van der Waals surface area contributed by atoms with E-state index in [0.29, 0.717) is 42.0 Å². The Labute approximate surface area is 180 Å². The monoisotopic (exact) mass is 435 g/mol. The number of carbonyl (C=O) groups excluding carboxylic acids is 2. The highest BCUT2D eigenvalue weighted by molar-refractivity contribution is 6.42. The number of ether oxygens (including phenoxy) is 1. The molecule has 2 aromatic rings. The van der Waals surface area contributed by atoms with E-state index in [4.69, 9.17) is 27.9 Å². The van der Waals surface area contributed by atoms with Gasteiger partial charge in [-0.3, -0.25) is 4.79 Å². The number of urea groups is 1. The van der Waals surface area contributed by atoms with E-state index in [0.717, 1.165) is 11.3 Å². The summed E-state index contributed by atoms with van der Waals surface area (Å²) < 4.78 is 5.58. The summed E-state index contributed by atoms with van der Waals surface area (Å²) in [4.78, 5) is 28.3. The largest absolute Gasteiger partial charge is 0.491 e. The molecule has 3 amide bonds. The van der Waals surface area contributed by atoms with Gasteiger partial charge in [0.2, 0.25) is 5.91 Å². The predicted molar refractivity (Wildman–Crippen MR) is 115 cm³/mol. The summed E-state index contributed by atoms with van der Waals surface area (Å²) >= 11 is 12.0. The lowest BCUT2D eigenvalue weighted by molar-refractivity contribution is -0.133. The Bertz CT molecular complexity index is 883. The van der Waals surface area contributed by atoms with Crippen molar-refractivity contribution in [3.63, 3.8) is 0 Å². The fourth-order valence-electron chi connectivity index (χ4n) is 3.09. The minimum atomic E-state index is -0.151. The number of rotatable bonds is 5. The molecular weight excluding hydrogens is 413 g/mol. The predicted octanol–water partition coefficient (Wildman–Crippen LogP) is 4.45. The van der Waals surface area contributed by atoms with Gasteiger partial charge in [0, 0.05) is 31.9 Å². The van der Waals surface area contributed by atoms with Crippen LogP contribution in [0.1, 0.15) is 12.0 Å². The van der Waals surface area contributed by atoms with Crippen molar-refractivity contribution in [1.82, 2.24) is 9.80 Å². The SMILES string of the molecule is Cc1cccc(NC(=O)N2CCN(C(=O)CCOc3cccc(Cl)c3Cl)CC2)c1. The number of anilines is 1. The Kier molecular flexibility index (Phi) is 7.23. The smallest absolute Gasteiger partial charge is 0.321 e. The molecule has 1 heterocycles. The summed E-state index contributed by atoms with van der Waals surface area (Å²) in [5, 5.41) is 3.65. The van der Waals surface area contributed by atoms with E-state index in [1.165, 1.54) is 0 Å². The Balaban J connectivity index is 1.42. The van der Waals surface area contributed by atoms with Crippen molar-refractivity contribution in [2.24, 2.45) is 0 Å². The maximum absolute atomic E-state index is 12.4. The van der Waals surface area contributed by atoms with Crippen LogP contribution < -0.4 is 10.1 Å². The minimum Gasteiger partial charge on any atom is -0.491 e. The van der Waals surface area contributed by atoms with Crippen LogP contribution in [0, 0.1) is 6.92 Å². The third-order valence-electron chi connectivity index (χ3n) is 4.68. The van der Waals surface area contributed by atoms with E-state index in [1.807, 2.05) is 31.2 Å². The fourth-order valence-corrected chi connectivity index (χ4v) is 3.43. The summed E-state index contributed by atoms with van der Waals surface area (Å²) in [6.07, 6.45) is 0.234. The number of hydrogen-bond donors (Lipinski definition) is 1. The molecule has 3 rings (SSSR count). The molecular formula is C21H23Cl2N3O3. The highest BCUT2D eigenvalue weighted by Crippen LogP contribution is 2.31. The number of carbonyl (C=O) groups is 2. The molecule has 1 fully saturated rings. The van der Waals surface area contributed by atoms with Gasteiger partial charge >= 0.3 is 6.03 Å². The first-order chi connectivity index (χ1) is 13.9. The van der Waals surface area contributed by atoms with Gasteiger partial charge in [0.25, 0.3) is 0 Å². The molecule has 2 aromatic carbocycles. The summed E-state index contributed by atoms with van der Waals surface area (Å²) in [6.45, 7) is 4.17. The van der Waals surface area contributed by atoms with E-state index < -0.39 is 0 Å². The van der Waals surface area contributed by atoms with Gasteiger partial charge in [-0.15, -0.1) is 0 Å². The highest BCUT2D eigenvalue weighted by atomic mass is 35.5. The van der Waals surface area contributed by atoms with Gasteiger partial charge in [0.05, 0.1) is 18.1 Å². The number of amides is 3. The van der Waals surface area contributed by atoms with Gasteiger partial charge in [-0.25, -0.2) is 4.79 Å². The van der Waals surface area contributed by atoms with Crippen molar-refractivity contribution < 1.29 is 14.3 Å². The van der Waals surface area contributed by atoms with Gasteiger partial charge < -0.3 is 19.9 Å². The van der Waals surface area contributed by atoms with Crippen LogP contribution in [0.2, 0.25) is 10.0 Å². The second-order valence-electron chi connectivity index (χ2n) is 6.82. The average molecular weight is 436 g/mol. The molecule has 1 saturated heterocycles. The lowest BCUT2D eigenvalue weighted by Crippen LogP contribution is -2.51. The molecule has 1 N–H and O–H groups in total. The average Bonchev–Trinajstić information content (AvgIpc) is 2.71. The van der Waals surface area contributed by atoms with E-state index in [2.05, 4.69) is 5.32 Å². The Morgan fingerprint density at radius 1 is 1.03 bits per heavy atom. The van der Waals surface area contributed by atoms with Crippen molar-refractivity contribution in [3.8, 4) is 5.75 Å². The van der Waals surface area contributed by atoms with E-state index >= 15 is 0 Å². The van der Waals surface area contributed by atoms with Gasteiger partial charge in [-0.1, -0.05) is 41.4 Å². The first-order valence-electron chi connectivity index (χ1n) is 9.41. The van der Waals surface area contributed by atoms with Gasteiger partial charge in [0.1, 0.15) is 10.8 Å². The van der Waals surface area contributed by atoms with Crippen LogP contribution in [-0.4, -0.2) is 54.5 Å². The van der Waals surface area contributed by atoms with E-state index in [9.17, 15) is 9.59 Å². The number of hydrogen-bond acceptors (Lipinski definition) is 3. The molecule has 0 aromatic heterocycles. The van der Waals surface area contributed by atoms with Crippen LogP contribution in [0.4, 0.5) is 10.5 Å². The fraction of sp³-hybridized carbons (Fsp3) is 0.333. The Morgan fingerprint density at radius 2 is 1.72 bits per heavy atom. The lowest BCUT2D eigenvalue weighted by atomic mass is 10.2. The van der Waals surface area contributed by atoms with Crippen LogP contribution in [0.25, 0.3) is 0 Å². The first-order valence-corrected chi connectivity index (χ1v) is 10.2. The van der Waals surface area contributed by atoms with E-state index in [1.54, 1.807) is 28.0 Å². The molecule has 0 aliphatic carbocycles. The number of aryl methyl sites for hydroxylation is 1.